The molecule has 2 unspecified atom stereocenters. The summed E-state index contributed by atoms with van der Waals surface area (Å²) in [6, 6.07) is 5.39. The number of aliphatic hydroxyl groups is 5. The summed E-state index contributed by atoms with van der Waals surface area (Å²) in [5, 5.41) is 69.1. The Labute approximate surface area is 465 Å². The highest BCUT2D eigenvalue weighted by Crippen LogP contribution is 2.45. The lowest BCUT2D eigenvalue weighted by atomic mass is 9.68. The fraction of sp³-hybridized carbons (Fsp3) is 0.842. The molecule has 0 saturated carbocycles. The lowest BCUT2D eigenvalue weighted by Gasteiger charge is -2.51. The van der Waals surface area contributed by atoms with E-state index in [0.29, 0.717) is 67.0 Å². The number of alkyl halides is 1. The van der Waals surface area contributed by atoms with Gasteiger partial charge in [0.2, 0.25) is 0 Å². The minimum Gasteiger partial charge on any atom is -0.459 e. The summed E-state index contributed by atoms with van der Waals surface area (Å²) in [6.07, 6.45) is -4.64. The maximum absolute atomic E-state index is 15.0. The van der Waals surface area contributed by atoms with Gasteiger partial charge >= 0.3 is 5.97 Å². The molecule has 5 N–H and O–H groups in total. The first-order valence-electron chi connectivity index (χ1n) is 28.4. The van der Waals surface area contributed by atoms with E-state index in [9.17, 15) is 38.9 Å². The van der Waals surface area contributed by atoms with Gasteiger partial charge in [-0.15, -0.1) is 5.10 Å². The van der Waals surface area contributed by atoms with Crippen LogP contribution in [0.4, 0.5) is 4.39 Å². The number of methoxy groups -OCH3 is 2. The number of halogens is 1. The van der Waals surface area contributed by atoms with Gasteiger partial charge in [-0.25, -0.2) is 9.07 Å². The smallest absolute Gasteiger partial charge is 0.309 e. The number of aromatic nitrogens is 3. The summed E-state index contributed by atoms with van der Waals surface area (Å²) >= 11 is 0. The summed E-state index contributed by atoms with van der Waals surface area (Å²) in [4.78, 5) is 19.3. The van der Waals surface area contributed by atoms with E-state index in [2.05, 4.69) is 10.3 Å². The number of cyclic esters (lactones) is 1. The molecule has 0 bridgehead atoms. The Morgan fingerprint density at radius 2 is 1.64 bits per heavy atom. The molecule has 4 aliphatic heterocycles. The predicted octanol–water partition coefficient (Wildman–Crippen LogP) is 4.81. The third-order valence-corrected chi connectivity index (χ3v) is 19.6. The van der Waals surface area contributed by atoms with Crippen LogP contribution in [0.2, 0.25) is 0 Å². The van der Waals surface area contributed by atoms with Crippen LogP contribution in [-0.2, 0) is 55.2 Å². The molecular formula is C57H96FN5O14S. The zero-order chi connectivity index (χ0) is 57.6. The molecule has 0 spiro atoms. The summed E-state index contributed by atoms with van der Waals surface area (Å²) < 4.78 is 73.2. The van der Waals surface area contributed by atoms with Gasteiger partial charge in [0.1, 0.15) is 48.8 Å². The number of hydrogen-bond donors (Lipinski definition) is 5. The average molecular weight is 1130 g/mol. The van der Waals surface area contributed by atoms with Crippen molar-refractivity contribution in [2.45, 2.75) is 215 Å². The number of nitrogens with zero attached hydrogens (tertiary/aromatic N) is 5. The number of likely N-dealkylation sites (N-methyl/N-ethyl adjacent to an activating group) is 2. The summed E-state index contributed by atoms with van der Waals surface area (Å²) in [6.45, 7) is 19.2. The zero-order valence-electron chi connectivity index (χ0n) is 48.9. The van der Waals surface area contributed by atoms with Gasteiger partial charge in [0.25, 0.3) is 0 Å². The number of esters is 1. The molecule has 6 rings (SSSR count). The van der Waals surface area contributed by atoms with Gasteiger partial charge in [-0.05, 0) is 123 Å². The van der Waals surface area contributed by atoms with Gasteiger partial charge < -0.3 is 68.5 Å². The highest BCUT2D eigenvalue weighted by Gasteiger charge is 2.55. The Bertz CT molecular complexity index is 2210. The van der Waals surface area contributed by atoms with E-state index < -0.39 is 137 Å². The van der Waals surface area contributed by atoms with Crippen molar-refractivity contribution in [1.82, 2.24) is 24.8 Å². The number of aliphatic hydroxyl groups excluding tert-OH is 3. The number of ether oxygens (including phenoxy) is 7. The van der Waals surface area contributed by atoms with E-state index in [1.165, 1.54) is 25.8 Å². The van der Waals surface area contributed by atoms with E-state index in [1.807, 2.05) is 68.9 Å². The molecule has 21 heteroatoms. The number of hydrogen-bond acceptors (Lipinski definition) is 18. The van der Waals surface area contributed by atoms with Gasteiger partial charge in [0.15, 0.2) is 6.29 Å². The average Bonchev–Trinajstić information content (AvgIpc) is 3.88. The highest BCUT2D eigenvalue weighted by molar-refractivity contribution is 7.85. The lowest BCUT2D eigenvalue weighted by Crippen LogP contribution is -2.62. The fourth-order valence-corrected chi connectivity index (χ4v) is 14.5. The molecule has 21 atom stereocenters. The van der Waals surface area contributed by atoms with Crippen LogP contribution in [0.1, 0.15) is 131 Å². The van der Waals surface area contributed by atoms with Crippen LogP contribution in [0.25, 0.3) is 0 Å². The van der Waals surface area contributed by atoms with Crippen molar-refractivity contribution in [3.05, 3.63) is 41.7 Å². The number of benzene rings is 1. The van der Waals surface area contributed by atoms with Gasteiger partial charge in [0.05, 0.1) is 58.0 Å². The summed E-state index contributed by atoms with van der Waals surface area (Å²) in [5.74, 6) is -2.37. The first kappa shape index (κ1) is 64.6. The molecule has 0 radical (unpaired) electrons. The molecule has 4 aliphatic rings. The van der Waals surface area contributed by atoms with Crippen LogP contribution in [0.15, 0.2) is 35.4 Å². The molecule has 4 fully saturated rings. The fourth-order valence-electron chi connectivity index (χ4n) is 13.1. The maximum atomic E-state index is 15.0. The van der Waals surface area contributed by atoms with Crippen molar-refractivity contribution >= 4 is 16.8 Å². The van der Waals surface area contributed by atoms with Gasteiger partial charge in [-0.1, -0.05) is 45.0 Å². The lowest BCUT2D eigenvalue weighted by molar-refractivity contribution is -0.302. The van der Waals surface area contributed by atoms with E-state index in [4.69, 9.17) is 33.2 Å². The minimum absolute atomic E-state index is 0.167. The Morgan fingerprint density at radius 3 is 2.26 bits per heavy atom. The minimum atomic E-state index is -1.84. The molecule has 19 nitrogen and oxygen atoms in total. The molecule has 1 aromatic heterocycles. The quantitative estimate of drug-likeness (QED) is 0.134. The Kier molecular flexibility index (Phi) is 22.9. The third-order valence-electron chi connectivity index (χ3n) is 18.0. The van der Waals surface area contributed by atoms with Gasteiger partial charge in [0, 0.05) is 88.2 Å². The third kappa shape index (κ3) is 14.9. The van der Waals surface area contributed by atoms with Crippen LogP contribution in [-0.4, -0.2) is 212 Å². The van der Waals surface area contributed by atoms with Crippen LogP contribution in [0, 0.1) is 29.6 Å². The first-order valence-corrected chi connectivity index (χ1v) is 29.7. The second-order valence-corrected chi connectivity index (χ2v) is 25.7. The van der Waals surface area contributed by atoms with E-state index in [1.54, 1.807) is 47.7 Å². The molecule has 446 valence electrons. The standard InChI is InChI=1S/C57H96FN5O14S/c1-15-46-57(10,69)50(65)37(6)62(12)30-33(2)27-55(8,68)52(35(4)47(36(5)53(67)76-46)45-28-56(9,72-14)51(66)38(7)75-45)77-54-48(64)43(26-34(3)74-54)61(11)23-20-41-31-63(60-59-41)44(29-58)49(71-13)40-16-18-42(19-17-40)78(70)32-39-21-24-73-25-22-39/h16-19,31,33-39,43-52,54,64-66,68-69H,15,20-30,32H2,1-14H3/t33-,34-,35+,36-,37-,38+,43+,44-,45-,46-,47?,48-,49-,50-,51+,52-,54+,55-,56-,57-,78?/m1/s1. The van der Waals surface area contributed by atoms with Crippen molar-refractivity contribution in [3.8, 4) is 0 Å². The second kappa shape index (κ2) is 27.6. The van der Waals surface area contributed by atoms with Crippen molar-refractivity contribution in [2.24, 2.45) is 29.6 Å². The van der Waals surface area contributed by atoms with Crippen LogP contribution < -0.4 is 0 Å². The molecule has 0 amide bonds. The van der Waals surface area contributed by atoms with Gasteiger partial charge in [-0.2, -0.15) is 0 Å². The Balaban J connectivity index is 1.23. The number of carbonyl (C=O) groups is 1. The van der Waals surface area contributed by atoms with E-state index in [0.717, 1.165) is 12.8 Å². The van der Waals surface area contributed by atoms with Crippen molar-refractivity contribution in [1.29, 1.82) is 0 Å². The maximum Gasteiger partial charge on any atom is 0.309 e. The Hall–Kier alpha value is -2.61. The number of rotatable bonds is 17. The van der Waals surface area contributed by atoms with Crippen molar-refractivity contribution < 1.29 is 72.1 Å². The van der Waals surface area contributed by atoms with E-state index in [-0.39, 0.29) is 25.2 Å². The van der Waals surface area contributed by atoms with Crippen LogP contribution >= 0.6 is 0 Å². The topological polar surface area (TPSA) is 237 Å². The molecule has 5 heterocycles. The largest absolute Gasteiger partial charge is 0.459 e. The zero-order valence-corrected chi connectivity index (χ0v) is 49.7. The second-order valence-electron chi connectivity index (χ2n) is 24.2. The summed E-state index contributed by atoms with van der Waals surface area (Å²) in [5.41, 5.74) is -3.23. The molecule has 4 saturated heterocycles. The molecule has 1 aromatic carbocycles. The Morgan fingerprint density at radius 1 is 0.974 bits per heavy atom. The molecule has 2 aromatic rings. The van der Waals surface area contributed by atoms with Crippen LogP contribution in [0.3, 0.4) is 0 Å². The number of carbonyl (C=O) groups excluding carboxylic acids is 1. The van der Waals surface area contributed by atoms with Crippen molar-refractivity contribution in [3.63, 3.8) is 0 Å². The normalized spacial score (nSPS) is 39.7. The predicted molar refractivity (Wildman–Crippen MR) is 291 cm³/mol. The highest BCUT2D eigenvalue weighted by atomic mass is 32.2. The van der Waals surface area contributed by atoms with Crippen LogP contribution in [0.5, 0.6) is 0 Å². The monoisotopic (exact) mass is 1130 g/mol. The van der Waals surface area contributed by atoms with Crippen molar-refractivity contribution in [2.75, 3.05) is 67.0 Å². The van der Waals surface area contributed by atoms with E-state index >= 15 is 0 Å². The first-order chi connectivity index (χ1) is 36.7. The molecule has 0 aliphatic carbocycles. The summed E-state index contributed by atoms with van der Waals surface area (Å²) in [7, 11) is 5.60. The molecule has 78 heavy (non-hydrogen) atoms. The van der Waals surface area contributed by atoms with Gasteiger partial charge in [-0.3, -0.25) is 9.00 Å². The molecular weight excluding hydrogens is 1030 g/mol. The SMILES string of the molecule is CC[C@H]1OC(=O)[C@H](C)C([C@H]2C[C@@](C)(OC)[C@@H](O)[C@H](C)O2)[C@H](C)[C@@H](O[C@@H]2O[C@H](C)C[C@H](N(C)CCc3cn([C@H](CF)[C@H](OC)c4ccc(S(=O)CC5CCOCC5)cc4)nn3)[C@H]2O)[C@](C)(O)C[C@@H](C)CN(C)[C@H](C)[C@@H](O)[C@]1(C)O.